The first-order valence-electron chi connectivity index (χ1n) is 8.65. The first kappa shape index (κ1) is 15.0. The molecule has 7 nitrogen and oxygen atoms in total. The highest BCUT2D eigenvalue weighted by atomic mass is 16.5. The summed E-state index contributed by atoms with van der Waals surface area (Å²) >= 11 is 0. The summed E-state index contributed by atoms with van der Waals surface area (Å²) in [5.74, 6) is 2.93. The van der Waals surface area contributed by atoms with Gasteiger partial charge in [0.2, 0.25) is 5.95 Å². The normalized spacial score (nSPS) is 28.5. The number of ether oxygens (including phenoxy) is 1. The van der Waals surface area contributed by atoms with Crippen molar-refractivity contribution in [3.63, 3.8) is 0 Å². The van der Waals surface area contributed by atoms with Crippen molar-refractivity contribution in [1.29, 1.82) is 0 Å². The predicted octanol–water partition coefficient (Wildman–Crippen LogP) is 0.574. The molecule has 4 rings (SSSR count). The van der Waals surface area contributed by atoms with Crippen LogP contribution in [-0.2, 0) is 11.2 Å². The van der Waals surface area contributed by atoms with E-state index in [4.69, 9.17) is 10.5 Å². The summed E-state index contributed by atoms with van der Waals surface area (Å²) < 4.78 is 5.54. The van der Waals surface area contributed by atoms with Crippen molar-refractivity contribution < 1.29 is 4.74 Å². The van der Waals surface area contributed by atoms with Crippen molar-refractivity contribution in [3.05, 3.63) is 5.56 Å². The van der Waals surface area contributed by atoms with Crippen molar-refractivity contribution in [2.75, 3.05) is 62.4 Å². The average Bonchev–Trinajstić information content (AvgIpc) is 3.09. The highest BCUT2D eigenvalue weighted by Gasteiger charge is 2.32. The van der Waals surface area contributed by atoms with E-state index in [1.807, 2.05) is 0 Å². The minimum absolute atomic E-state index is 0.369. The number of nitrogens with two attached hydrogens (primary N) is 1. The highest BCUT2D eigenvalue weighted by molar-refractivity contribution is 5.63. The fraction of sp³-hybridized carbons (Fsp3) is 0.750. The Balaban J connectivity index is 1.58. The molecule has 3 N–H and O–H groups in total. The van der Waals surface area contributed by atoms with Gasteiger partial charge in [0.05, 0.1) is 6.61 Å². The molecule has 0 bridgehead atoms. The molecule has 2 saturated heterocycles. The fourth-order valence-electron chi connectivity index (χ4n) is 3.89. The summed E-state index contributed by atoms with van der Waals surface area (Å²) in [4.78, 5) is 13.8. The molecule has 1 aromatic heterocycles. The van der Waals surface area contributed by atoms with Gasteiger partial charge in [0, 0.05) is 50.3 Å². The van der Waals surface area contributed by atoms with Gasteiger partial charge in [0.1, 0.15) is 11.6 Å². The molecular weight excluding hydrogens is 292 g/mol. The monoisotopic (exact) mass is 318 g/mol. The Morgan fingerprint density at radius 2 is 2.00 bits per heavy atom. The van der Waals surface area contributed by atoms with E-state index >= 15 is 0 Å². The first-order chi connectivity index (χ1) is 11.2. The summed E-state index contributed by atoms with van der Waals surface area (Å²) in [6.07, 6.45) is 3.28. The zero-order valence-electron chi connectivity index (χ0n) is 13.8. The maximum atomic E-state index is 5.99. The van der Waals surface area contributed by atoms with Crippen molar-refractivity contribution in [2.24, 2.45) is 5.92 Å². The van der Waals surface area contributed by atoms with Gasteiger partial charge in [0.15, 0.2) is 0 Å². The summed E-state index contributed by atoms with van der Waals surface area (Å²) in [6, 6.07) is 0.444. The Hall–Kier alpha value is -1.60. The molecule has 23 heavy (non-hydrogen) atoms. The lowest BCUT2D eigenvalue weighted by atomic mass is 9.90. The Labute approximate surface area is 137 Å². The van der Waals surface area contributed by atoms with Crippen LogP contribution in [-0.4, -0.2) is 67.4 Å². The van der Waals surface area contributed by atoms with Crippen molar-refractivity contribution in [3.8, 4) is 0 Å². The van der Waals surface area contributed by atoms with E-state index < -0.39 is 0 Å². The Morgan fingerprint density at radius 1 is 1.17 bits per heavy atom. The number of nitrogens with one attached hydrogen (secondary N) is 1. The van der Waals surface area contributed by atoms with Crippen LogP contribution in [0.4, 0.5) is 17.6 Å². The number of rotatable bonds is 2. The molecule has 2 unspecified atom stereocenters. The molecule has 3 aliphatic rings. The molecule has 0 saturated carbocycles. The lowest BCUT2D eigenvalue weighted by Gasteiger charge is -2.36. The molecule has 0 radical (unpaired) electrons. The van der Waals surface area contributed by atoms with Gasteiger partial charge >= 0.3 is 0 Å². The van der Waals surface area contributed by atoms with Crippen LogP contribution >= 0.6 is 0 Å². The molecule has 1 aromatic rings. The molecule has 3 aliphatic heterocycles. The molecule has 126 valence electrons. The number of likely N-dealkylation sites (N-methyl/N-ethyl adjacent to an activating group) is 1. The second kappa shape index (κ2) is 6.13. The number of aromatic nitrogens is 2. The smallest absolute Gasteiger partial charge is 0.223 e. The molecule has 0 spiro atoms. The van der Waals surface area contributed by atoms with Gasteiger partial charge in [0.25, 0.3) is 0 Å². The van der Waals surface area contributed by atoms with Crippen LogP contribution in [0.1, 0.15) is 18.4 Å². The third-order valence-corrected chi connectivity index (χ3v) is 5.37. The maximum absolute atomic E-state index is 5.99. The quantitative estimate of drug-likeness (QED) is 0.825. The molecule has 4 heterocycles. The van der Waals surface area contributed by atoms with Gasteiger partial charge < -0.3 is 25.6 Å². The van der Waals surface area contributed by atoms with Gasteiger partial charge in [-0.05, 0) is 26.3 Å². The van der Waals surface area contributed by atoms with E-state index in [2.05, 4.69) is 32.1 Å². The van der Waals surface area contributed by atoms with Crippen LogP contribution in [0.3, 0.4) is 0 Å². The predicted molar refractivity (Wildman–Crippen MR) is 90.8 cm³/mol. The van der Waals surface area contributed by atoms with Gasteiger partial charge in [-0.15, -0.1) is 0 Å². The van der Waals surface area contributed by atoms with Crippen LogP contribution in [0.2, 0.25) is 0 Å². The minimum atomic E-state index is 0.369. The number of anilines is 3. The van der Waals surface area contributed by atoms with Crippen LogP contribution in [0.25, 0.3) is 0 Å². The summed E-state index contributed by atoms with van der Waals surface area (Å²) in [7, 11) is 2.16. The SMILES string of the molecule is CN1CCN(c2nc(N)nc3c2CCC(C2CCOC2)N3)CC1. The lowest BCUT2D eigenvalue weighted by molar-refractivity contribution is 0.181. The number of fused-ring (bicyclic) bond motifs is 1. The number of nitrogens with zero attached hydrogens (tertiary/aromatic N) is 4. The molecular formula is C16H26N6O. The van der Waals surface area contributed by atoms with E-state index in [1.54, 1.807) is 0 Å². The van der Waals surface area contributed by atoms with Crippen LogP contribution < -0.4 is 16.0 Å². The lowest BCUT2D eigenvalue weighted by Crippen LogP contribution is -2.45. The molecule has 0 aliphatic carbocycles. The van der Waals surface area contributed by atoms with Crippen LogP contribution in [0.15, 0.2) is 0 Å². The standard InChI is InChI=1S/C16H26N6O/c1-21-5-7-22(8-6-21)15-12-2-3-13(11-4-9-23-10-11)18-14(12)19-16(17)20-15/h11,13H,2-10H2,1H3,(H3,17,18,19,20). The van der Waals surface area contributed by atoms with Gasteiger partial charge in [-0.25, -0.2) is 0 Å². The molecule has 0 amide bonds. The second-order valence-corrected chi connectivity index (χ2v) is 6.94. The molecule has 0 aromatic carbocycles. The Kier molecular flexibility index (Phi) is 3.98. The summed E-state index contributed by atoms with van der Waals surface area (Å²) in [5.41, 5.74) is 7.23. The number of hydrogen-bond acceptors (Lipinski definition) is 7. The van der Waals surface area contributed by atoms with E-state index in [9.17, 15) is 0 Å². The largest absolute Gasteiger partial charge is 0.381 e. The topological polar surface area (TPSA) is 79.5 Å². The van der Waals surface area contributed by atoms with Crippen molar-refractivity contribution in [1.82, 2.24) is 14.9 Å². The molecule has 7 heteroatoms. The van der Waals surface area contributed by atoms with Crippen molar-refractivity contribution in [2.45, 2.75) is 25.3 Å². The number of hydrogen-bond donors (Lipinski definition) is 2. The first-order valence-corrected chi connectivity index (χ1v) is 8.65. The van der Waals surface area contributed by atoms with Gasteiger partial charge in [-0.3, -0.25) is 0 Å². The molecule has 2 fully saturated rings. The third-order valence-electron chi connectivity index (χ3n) is 5.37. The minimum Gasteiger partial charge on any atom is -0.381 e. The zero-order valence-corrected chi connectivity index (χ0v) is 13.8. The van der Waals surface area contributed by atoms with E-state index in [-0.39, 0.29) is 0 Å². The highest BCUT2D eigenvalue weighted by Crippen LogP contribution is 2.35. The Morgan fingerprint density at radius 3 is 2.74 bits per heavy atom. The van der Waals surface area contributed by atoms with E-state index in [1.165, 1.54) is 5.56 Å². The summed E-state index contributed by atoms with van der Waals surface area (Å²) in [6.45, 7) is 5.87. The zero-order chi connectivity index (χ0) is 15.8. The van der Waals surface area contributed by atoms with E-state index in [0.29, 0.717) is 17.9 Å². The van der Waals surface area contributed by atoms with Crippen molar-refractivity contribution >= 4 is 17.6 Å². The van der Waals surface area contributed by atoms with Gasteiger partial charge in [-0.1, -0.05) is 0 Å². The third kappa shape index (κ3) is 2.95. The maximum Gasteiger partial charge on any atom is 0.223 e. The van der Waals surface area contributed by atoms with E-state index in [0.717, 1.165) is 70.3 Å². The number of piperazine rings is 1. The second-order valence-electron chi connectivity index (χ2n) is 6.94. The average molecular weight is 318 g/mol. The Bertz CT molecular complexity index is 566. The summed E-state index contributed by atoms with van der Waals surface area (Å²) in [5, 5.41) is 3.62. The molecule has 2 atom stereocenters. The van der Waals surface area contributed by atoms with Crippen LogP contribution in [0, 0.1) is 5.92 Å². The van der Waals surface area contributed by atoms with Crippen LogP contribution in [0.5, 0.6) is 0 Å². The fourth-order valence-corrected chi connectivity index (χ4v) is 3.89. The van der Waals surface area contributed by atoms with Gasteiger partial charge in [-0.2, -0.15) is 9.97 Å². The number of nitrogen functional groups attached to an aromatic ring is 1.